The molecule has 0 heterocycles. The summed E-state index contributed by atoms with van der Waals surface area (Å²) in [4.78, 5) is 11.2. The standard InChI is InChI=1S/C13H19NO3/c1-2-16-13(15)12(14)9-6-10-17-11-7-4-3-5-8-11/h3-5,7-8,12H,2,6,9-10,14H2,1H3. The SMILES string of the molecule is CCOC(=O)C(N)CCCOc1ccccc1. The van der Waals surface area contributed by atoms with Crippen molar-refractivity contribution in [3.05, 3.63) is 30.3 Å². The molecule has 0 fully saturated rings. The van der Waals surface area contributed by atoms with Crippen molar-refractivity contribution in [2.45, 2.75) is 25.8 Å². The smallest absolute Gasteiger partial charge is 0.322 e. The van der Waals surface area contributed by atoms with E-state index in [2.05, 4.69) is 0 Å². The van der Waals surface area contributed by atoms with Crippen LogP contribution in [0.1, 0.15) is 19.8 Å². The highest BCUT2D eigenvalue weighted by Crippen LogP contribution is 2.09. The Balaban J connectivity index is 2.14. The van der Waals surface area contributed by atoms with Crippen LogP contribution in [0.4, 0.5) is 0 Å². The first-order valence-corrected chi connectivity index (χ1v) is 5.84. The molecule has 0 saturated heterocycles. The minimum Gasteiger partial charge on any atom is -0.494 e. The molecule has 17 heavy (non-hydrogen) atoms. The van der Waals surface area contributed by atoms with Gasteiger partial charge in [-0.05, 0) is 31.9 Å². The lowest BCUT2D eigenvalue weighted by atomic mass is 10.2. The lowest BCUT2D eigenvalue weighted by Crippen LogP contribution is -2.32. The van der Waals surface area contributed by atoms with Crippen LogP contribution in [-0.4, -0.2) is 25.2 Å². The van der Waals surface area contributed by atoms with E-state index >= 15 is 0 Å². The third-order valence-electron chi connectivity index (χ3n) is 2.26. The van der Waals surface area contributed by atoms with Crippen molar-refractivity contribution in [3.8, 4) is 5.75 Å². The fraction of sp³-hybridized carbons (Fsp3) is 0.462. The summed E-state index contributed by atoms with van der Waals surface area (Å²) in [5.41, 5.74) is 5.65. The van der Waals surface area contributed by atoms with Crippen LogP contribution in [0.3, 0.4) is 0 Å². The van der Waals surface area contributed by atoms with E-state index in [1.807, 2.05) is 30.3 Å². The van der Waals surface area contributed by atoms with Gasteiger partial charge in [-0.15, -0.1) is 0 Å². The third kappa shape index (κ3) is 5.36. The van der Waals surface area contributed by atoms with Gasteiger partial charge in [0.05, 0.1) is 13.2 Å². The number of hydrogen-bond acceptors (Lipinski definition) is 4. The monoisotopic (exact) mass is 237 g/mol. The van der Waals surface area contributed by atoms with Gasteiger partial charge in [0.1, 0.15) is 11.8 Å². The number of carbonyl (C=O) groups is 1. The summed E-state index contributed by atoms with van der Waals surface area (Å²) in [5, 5.41) is 0. The van der Waals surface area contributed by atoms with Crippen LogP contribution in [0.2, 0.25) is 0 Å². The highest BCUT2D eigenvalue weighted by Gasteiger charge is 2.13. The second-order valence-corrected chi connectivity index (χ2v) is 3.66. The zero-order valence-corrected chi connectivity index (χ0v) is 10.1. The molecule has 0 aliphatic rings. The summed E-state index contributed by atoms with van der Waals surface area (Å²) in [7, 11) is 0. The van der Waals surface area contributed by atoms with Crippen LogP contribution in [0, 0.1) is 0 Å². The predicted octanol–water partition coefficient (Wildman–Crippen LogP) is 1.74. The molecule has 2 N–H and O–H groups in total. The van der Waals surface area contributed by atoms with Crippen molar-refractivity contribution in [3.63, 3.8) is 0 Å². The number of carbonyl (C=O) groups excluding carboxylic acids is 1. The van der Waals surface area contributed by atoms with E-state index in [9.17, 15) is 4.79 Å². The molecule has 0 radical (unpaired) electrons. The molecule has 0 spiro atoms. The average Bonchev–Trinajstić information content (AvgIpc) is 2.36. The van der Waals surface area contributed by atoms with Gasteiger partial charge in [0, 0.05) is 0 Å². The molecule has 0 aliphatic carbocycles. The van der Waals surface area contributed by atoms with Crippen molar-refractivity contribution in [1.29, 1.82) is 0 Å². The first-order chi connectivity index (χ1) is 8.24. The van der Waals surface area contributed by atoms with E-state index < -0.39 is 6.04 Å². The van der Waals surface area contributed by atoms with Gasteiger partial charge in [-0.1, -0.05) is 18.2 Å². The Labute approximate surface area is 102 Å². The first kappa shape index (κ1) is 13.5. The molecule has 1 aromatic rings. The maximum absolute atomic E-state index is 11.2. The van der Waals surface area contributed by atoms with Crippen LogP contribution in [0.15, 0.2) is 30.3 Å². The Morgan fingerprint density at radius 3 is 2.71 bits per heavy atom. The third-order valence-corrected chi connectivity index (χ3v) is 2.26. The molecule has 1 rings (SSSR count). The Morgan fingerprint density at radius 2 is 2.06 bits per heavy atom. The molecule has 1 atom stereocenters. The van der Waals surface area contributed by atoms with E-state index in [1.54, 1.807) is 6.92 Å². The highest BCUT2D eigenvalue weighted by molar-refractivity contribution is 5.75. The van der Waals surface area contributed by atoms with Crippen molar-refractivity contribution in [2.75, 3.05) is 13.2 Å². The topological polar surface area (TPSA) is 61.5 Å². The van der Waals surface area contributed by atoms with Gasteiger partial charge in [-0.2, -0.15) is 0 Å². The van der Waals surface area contributed by atoms with Crippen molar-refractivity contribution >= 4 is 5.97 Å². The van der Waals surface area contributed by atoms with Crippen molar-refractivity contribution in [2.24, 2.45) is 5.73 Å². The summed E-state index contributed by atoms with van der Waals surface area (Å²) in [6, 6.07) is 9.01. The molecule has 0 aliphatic heterocycles. The van der Waals surface area contributed by atoms with E-state index in [4.69, 9.17) is 15.2 Å². The summed E-state index contributed by atoms with van der Waals surface area (Å²) >= 11 is 0. The minimum atomic E-state index is -0.547. The van der Waals surface area contributed by atoms with Crippen LogP contribution in [-0.2, 0) is 9.53 Å². The summed E-state index contributed by atoms with van der Waals surface area (Å²) in [5.74, 6) is 0.490. The molecular weight excluding hydrogens is 218 g/mol. The van der Waals surface area contributed by atoms with Gasteiger partial charge in [0.25, 0.3) is 0 Å². The number of esters is 1. The van der Waals surface area contributed by atoms with Gasteiger partial charge in [-0.25, -0.2) is 0 Å². The van der Waals surface area contributed by atoms with Crippen LogP contribution in [0.25, 0.3) is 0 Å². The molecule has 4 nitrogen and oxygen atoms in total. The van der Waals surface area contributed by atoms with Crippen molar-refractivity contribution in [1.82, 2.24) is 0 Å². The number of benzene rings is 1. The fourth-order valence-corrected chi connectivity index (χ4v) is 1.38. The fourth-order valence-electron chi connectivity index (χ4n) is 1.38. The van der Waals surface area contributed by atoms with Crippen LogP contribution >= 0.6 is 0 Å². The van der Waals surface area contributed by atoms with Gasteiger partial charge >= 0.3 is 5.97 Å². The van der Waals surface area contributed by atoms with E-state index in [0.717, 1.165) is 12.2 Å². The largest absolute Gasteiger partial charge is 0.494 e. The minimum absolute atomic E-state index is 0.341. The Bertz CT molecular complexity index is 327. The van der Waals surface area contributed by atoms with E-state index in [1.165, 1.54) is 0 Å². The molecule has 94 valence electrons. The quantitative estimate of drug-likeness (QED) is 0.579. The molecule has 0 aromatic heterocycles. The zero-order valence-electron chi connectivity index (χ0n) is 10.1. The molecule has 4 heteroatoms. The molecule has 0 bridgehead atoms. The first-order valence-electron chi connectivity index (χ1n) is 5.84. The Morgan fingerprint density at radius 1 is 1.35 bits per heavy atom. The summed E-state index contributed by atoms with van der Waals surface area (Å²) < 4.78 is 10.3. The molecule has 1 unspecified atom stereocenters. The van der Waals surface area contributed by atoms with Crippen LogP contribution < -0.4 is 10.5 Å². The van der Waals surface area contributed by atoms with Gasteiger partial charge in [0.15, 0.2) is 0 Å². The van der Waals surface area contributed by atoms with E-state index in [0.29, 0.717) is 19.6 Å². The number of rotatable bonds is 7. The number of ether oxygens (including phenoxy) is 2. The zero-order chi connectivity index (χ0) is 12.5. The van der Waals surface area contributed by atoms with Gasteiger partial charge in [0.2, 0.25) is 0 Å². The normalized spacial score (nSPS) is 11.9. The highest BCUT2D eigenvalue weighted by atomic mass is 16.5. The summed E-state index contributed by atoms with van der Waals surface area (Å²) in [6.07, 6.45) is 1.31. The second-order valence-electron chi connectivity index (χ2n) is 3.66. The van der Waals surface area contributed by atoms with Crippen molar-refractivity contribution < 1.29 is 14.3 Å². The molecule has 0 amide bonds. The predicted molar refractivity (Wildman–Crippen MR) is 65.8 cm³/mol. The van der Waals surface area contributed by atoms with E-state index in [-0.39, 0.29) is 5.97 Å². The molecular formula is C13H19NO3. The number of hydrogen-bond donors (Lipinski definition) is 1. The maximum Gasteiger partial charge on any atom is 0.322 e. The average molecular weight is 237 g/mol. The Hall–Kier alpha value is -1.55. The number of nitrogens with two attached hydrogens (primary N) is 1. The number of para-hydroxylation sites is 1. The maximum atomic E-state index is 11.2. The summed E-state index contributed by atoms with van der Waals surface area (Å²) in [6.45, 7) is 2.69. The molecule has 1 aromatic carbocycles. The lowest BCUT2D eigenvalue weighted by molar-refractivity contribution is -0.144. The lowest BCUT2D eigenvalue weighted by Gasteiger charge is -2.10. The van der Waals surface area contributed by atoms with Crippen LogP contribution in [0.5, 0.6) is 5.75 Å². The second kappa shape index (κ2) is 7.68. The Kier molecular flexibility index (Phi) is 6.10. The van der Waals surface area contributed by atoms with Gasteiger partial charge in [-0.3, -0.25) is 4.79 Å². The molecule has 0 saturated carbocycles. The van der Waals surface area contributed by atoms with Gasteiger partial charge < -0.3 is 15.2 Å².